The van der Waals surface area contributed by atoms with Gasteiger partial charge < -0.3 is 16.0 Å². The maximum atomic E-state index is 11.4. The number of amides is 1. The van der Waals surface area contributed by atoms with Gasteiger partial charge in [0.15, 0.2) is 5.82 Å². The van der Waals surface area contributed by atoms with Crippen molar-refractivity contribution in [2.75, 3.05) is 31.3 Å². The summed E-state index contributed by atoms with van der Waals surface area (Å²) in [5, 5.41) is 2.72. The van der Waals surface area contributed by atoms with Crippen molar-refractivity contribution < 1.29 is 4.79 Å². The summed E-state index contributed by atoms with van der Waals surface area (Å²) in [4.78, 5) is 21.0. The number of nitrogens with one attached hydrogen (secondary N) is 1. The summed E-state index contributed by atoms with van der Waals surface area (Å²) < 4.78 is 0. The Morgan fingerprint density at radius 2 is 2.35 bits per heavy atom. The number of carbonyl (C=O) groups is 1. The highest BCUT2D eigenvalue weighted by Gasteiger charge is 2.16. The zero-order valence-corrected chi connectivity index (χ0v) is 10.8. The summed E-state index contributed by atoms with van der Waals surface area (Å²) >= 11 is 5.70. The molecule has 1 atom stereocenters. The lowest BCUT2D eigenvalue weighted by Gasteiger charge is -2.22. The van der Waals surface area contributed by atoms with Crippen molar-refractivity contribution in [3.63, 3.8) is 0 Å². The van der Waals surface area contributed by atoms with Crippen LogP contribution in [0.4, 0.5) is 11.5 Å². The summed E-state index contributed by atoms with van der Waals surface area (Å²) in [6.07, 6.45) is 1.45. The van der Waals surface area contributed by atoms with Gasteiger partial charge in [-0.15, -0.1) is 0 Å². The summed E-state index contributed by atoms with van der Waals surface area (Å²) in [5.74, 6) is 0.328. The molecule has 17 heavy (non-hydrogen) atoms. The van der Waals surface area contributed by atoms with Gasteiger partial charge in [0.1, 0.15) is 0 Å². The predicted octanol–water partition coefficient (Wildman–Crippen LogP) is 0.531. The van der Waals surface area contributed by atoms with Crippen molar-refractivity contribution in [2.24, 2.45) is 5.92 Å². The minimum absolute atomic E-state index is 0.0319. The zero-order valence-electron chi connectivity index (χ0n) is 10.1. The first-order valence-corrected chi connectivity index (χ1v) is 5.54. The van der Waals surface area contributed by atoms with Crippen molar-refractivity contribution in [3.05, 3.63) is 11.5 Å². The van der Waals surface area contributed by atoms with Crippen molar-refractivity contribution in [1.29, 1.82) is 0 Å². The Morgan fingerprint density at radius 3 is 2.94 bits per heavy atom. The molecule has 6 nitrogen and oxygen atoms in total. The van der Waals surface area contributed by atoms with Crippen LogP contribution in [0.1, 0.15) is 6.92 Å². The second-order valence-electron chi connectivity index (χ2n) is 3.81. The van der Waals surface area contributed by atoms with Gasteiger partial charge in [-0.2, -0.15) is 4.98 Å². The second kappa shape index (κ2) is 5.67. The lowest BCUT2D eigenvalue weighted by atomic mass is 10.1. The van der Waals surface area contributed by atoms with E-state index in [9.17, 15) is 4.79 Å². The molecule has 1 amide bonds. The minimum Gasteiger partial charge on any atom is -0.394 e. The molecule has 0 saturated carbocycles. The normalized spacial score (nSPS) is 12.0. The minimum atomic E-state index is -0.168. The van der Waals surface area contributed by atoms with E-state index in [1.54, 1.807) is 19.0 Å². The number of aromatic nitrogens is 2. The Hall–Kier alpha value is -1.56. The molecule has 0 bridgehead atoms. The first kappa shape index (κ1) is 13.5. The van der Waals surface area contributed by atoms with Gasteiger partial charge in [-0.3, -0.25) is 4.79 Å². The van der Waals surface area contributed by atoms with Gasteiger partial charge in [0.2, 0.25) is 11.2 Å². The third-order valence-corrected chi connectivity index (χ3v) is 2.55. The number of hydrogen-bond acceptors (Lipinski definition) is 5. The summed E-state index contributed by atoms with van der Waals surface area (Å²) in [6, 6.07) is 0. The molecule has 0 aromatic carbocycles. The number of nitrogens with zero attached hydrogens (tertiary/aromatic N) is 3. The molecule has 1 aromatic rings. The molecular weight excluding hydrogens is 242 g/mol. The summed E-state index contributed by atoms with van der Waals surface area (Å²) in [6.45, 7) is 2.32. The highest BCUT2D eigenvalue weighted by Crippen LogP contribution is 2.20. The molecule has 1 unspecified atom stereocenters. The Labute approximate surface area is 105 Å². The van der Waals surface area contributed by atoms with Crippen LogP contribution in [0.2, 0.25) is 5.28 Å². The summed E-state index contributed by atoms with van der Waals surface area (Å²) in [5.41, 5.74) is 6.18. The molecule has 0 aliphatic heterocycles. The number of hydrogen-bond donors (Lipinski definition) is 2. The fraction of sp³-hybridized carbons (Fsp3) is 0.500. The Balaban J connectivity index is 2.79. The number of halogens is 1. The molecule has 94 valence electrons. The van der Waals surface area contributed by atoms with Gasteiger partial charge in [-0.25, -0.2) is 4.98 Å². The lowest BCUT2D eigenvalue weighted by Crippen LogP contribution is -2.35. The fourth-order valence-electron chi connectivity index (χ4n) is 1.49. The third kappa shape index (κ3) is 3.45. The molecule has 1 rings (SSSR count). The first-order chi connectivity index (χ1) is 7.95. The number of carbonyl (C=O) groups excluding carboxylic acids is 1. The standard InChI is InChI=1S/C10H16ClN5O/c1-6(9(17)13-2)5-16(3)8-7(12)4-14-10(11)15-8/h4,6H,5,12H2,1-3H3,(H,13,17). The van der Waals surface area contributed by atoms with Crippen molar-refractivity contribution >= 4 is 29.0 Å². The van der Waals surface area contributed by atoms with Gasteiger partial charge in [-0.05, 0) is 11.6 Å². The SMILES string of the molecule is CNC(=O)C(C)CN(C)c1nc(Cl)ncc1N. The zero-order chi connectivity index (χ0) is 13.0. The number of rotatable bonds is 4. The highest BCUT2D eigenvalue weighted by atomic mass is 35.5. The van der Waals surface area contributed by atoms with Crippen LogP contribution in [-0.2, 0) is 4.79 Å². The van der Waals surface area contributed by atoms with E-state index in [1.807, 2.05) is 6.92 Å². The van der Waals surface area contributed by atoms with E-state index < -0.39 is 0 Å². The van der Waals surface area contributed by atoms with Crippen LogP contribution in [0.3, 0.4) is 0 Å². The van der Waals surface area contributed by atoms with Crippen LogP contribution in [-0.4, -0.2) is 36.5 Å². The van der Waals surface area contributed by atoms with Crippen LogP contribution in [0.5, 0.6) is 0 Å². The molecule has 0 spiro atoms. The smallest absolute Gasteiger partial charge is 0.224 e. The van der Waals surface area contributed by atoms with Crippen molar-refractivity contribution in [1.82, 2.24) is 15.3 Å². The van der Waals surface area contributed by atoms with Crippen LogP contribution in [0.15, 0.2) is 6.20 Å². The number of anilines is 2. The molecular formula is C10H16ClN5O. The molecule has 0 aliphatic carbocycles. The Bertz CT molecular complexity index is 412. The van der Waals surface area contributed by atoms with Crippen LogP contribution in [0.25, 0.3) is 0 Å². The van der Waals surface area contributed by atoms with Gasteiger partial charge in [0.05, 0.1) is 17.8 Å². The molecule has 7 heteroatoms. The molecule has 3 N–H and O–H groups in total. The number of nitrogen functional groups attached to an aromatic ring is 1. The number of nitrogens with two attached hydrogens (primary N) is 1. The van der Waals surface area contributed by atoms with Gasteiger partial charge >= 0.3 is 0 Å². The third-order valence-electron chi connectivity index (χ3n) is 2.37. The molecule has 0 saturated heterocycles. The lowest BCUT2D eigenvalue weighted by molar-refractivity contribution is -0.123. The second-order valence-corrected chi connectivity index (χ2v) is 4.15. The van der Waals surface area contributed by atoms with Crippen molar-refractivity contribution in [2.45, 2.75) is 6.92 Å². The van der Waals surface area contributed by atoms with E-state index in [0.29, 0.717) is 18.1 Å². The van der Waals surface area contributed by atoms with Gasteiger partial charge in [0, 0.05) is 20.6 Å². The van der Waals surface area contributed by atoms with E-state index >= 15 is 0 Å². The molecule has 0 fully saturated rings. The Kier molecular flexibility index (Phi) is 4.51. The maximum Gasteiger partial charge on any atom is 0.224 e. The first-order valence-electron chi connectivity index (χ1n) is 5.16. The monoisotopic (exact) mass is 257 g/mol. The quantitative estimate of drug-likeness (QED) is 0.769. The molecule has 1 aromatic heterocycles. The predicted molar refractivity (Wildman–Crippen MR) is 68.0 cm³/mol. The Morgan fingerprint density at radius 1 is 1.71 bits per heavy atom. The van der Waals surface area contributed by atoms with Crippen LogP contribution < -0.4 is 16.0 Å². The molecule has 0 aliphatic rings. The van der Waals surface area contributed by atoms with Gasteiger partial charge in [0.25, 0.3) is 0 Å². The fourth-order valence-corrected chi connectivity index (χ4v) is 1.62. The maximum absolute atomic E-state index is 11.4. The highest BCUT2D eigenvalue weighted by molar-refractivity contribution is 6.28. The largest absolute Gasteiger partial charge is 0.394 e. The van der Waals surface area contributed by atoms with E-state index in [-0.39, 0.29) is 17.1 Å². The van der Waals surface area contributed by atoms with E-state index in [4.69, 9.17) is 17.3 Å². The summed E-state index contributed by atoms with van der Waals surface area (Å²) in [7, 11) is 3.41. The van der Waals surface area contributed by atoms with E-state index in [2.05, 4.69) is 15.3 Å². The van der Waals surface area contributed by atoms with Gasteiger partial charge in [-0.1, -0.05) is 6.92 Å². The molecule has 0 radical (unpaired) electrons. The van der Waals surface area contributed by atoms with E-state index in [1.165, 1.54) is 6.20 Å². The average Bonchev–Trinajstić information content (AvgIpc) is 2.30. The van der Waals surface area contributed by atoms with Crippen LogP contribution >= 0.6 is 11.6 Å². The molecule has 1 heterocycles. The van der Waals surface area contributed by atoms with Crippen LogP contribution in [0, 0.1) is 5.92 Å². The topological polar surface area (TPSA) is 84.1 Å². The average molecular weight is 258 g/mol. The van der Waals surface area contributed by atoms with Crippen molar-refractivity contribution in [3.8, 4) is 0 Å². The van der Waals surface area contributed by atoms with E-state index in [0.717, 1.165) is 0 Å².